The van der Waals surface area contributed by atoms with Crippen LogP contribution in [0.4, 0.5) is 0 Å². The first-order valence-electron chi connectivity index (χ1n) is 6.09. The van der Waals surface area contributed by atoms with Crippen molar-refractivity contribution in [3.05, 3.63) is 0 Å². The molecule has 1 rings (SSSR count). The van der Waals surface area contributed by atoms with Gasteiger partial charge in [0, 0.05) is 26.0 Å². The van der Waals surface area contributed by atoms with E-state index in [1.807, 2.05) is 6.92 Å². The Bertz CT molecular complexity index is 260. The first kappa shape index (κ1) is 14.2. The number of amidine groups is 1. The highest BCUT2D eigenvalue weighted by molar-refractivity contribution is 5.79. The molecule has 0 saturated carbocycles. The molecule has 5 N–H and O–H groups in total. The molecule has 0 aromatic carbocycles. The average molecular weight is 245 g/mol. The Labute approximate surface area is 102 Å². The van der Waals surface area contributed by atoms with E-state index in [0.717, 1.165) is 19.4 Å². The van der Waals surface area contributed by atoms with Gasteiger partial charge in [-0.15, -0.1) is 0 Å². The number of nitrogens with one attached hydrogen (secondary N) is 1. The molecule has 0 radical (unpaired) electrons. The number of rotatable bonds is 7. The van der Waals surface area contributed by atoms with Gasteiger partial charge >= 0.3 is 0 Å². The van der Waals surface area contributed by atoms with Crippen LogP contribution in [0.15, 0.2) is 5.16 Å². The molecule has 1 aliphatic heterocycles. The zero-order valence-electron chi connectivity index (χ0n) is 10.4. The average Bonchev–Trinajstić information content (AvgIpc) is 2.64. The van der Waals surface area contributed by atoms with Gasteiger partial charge in [-0.3, -0.25) is 0 Å². The molecular weight excluding hydrogens is 222 g/mol. The second kappa shape index (κ2) is 6.78. The van der Waals surface area contributed by atoms with Crippen LogP contribution in [0.2, 0.25) is 0 Å². The zero-order valence-corrected chi connectivity index (χ0v) is 10.4. The van der Waals surface area contributed by atoms with Crippen molar-refractivity contribution >= 4 is 5.84 Å². The van der Waals surface area contributed by atoms with E-state index in [1.54, 1.807) is 0 Å². The van der Waals surface area contributed by atoms with Gasteiger partial charge < -0.3 is 26.1 Å². The van der Waals surface area contributed by atoms with E-state index in [2.05, 4.69) is 10.5 Å². The summed E-state index contributed by atoms with van der Waals surface area (Å²) in [6, 6.07) is 0. The van der Waals surface area contributed by atoms with Crippen LogP contribution in [0.25, 0.3) is 0 Å². The molecule has 0 amide bonds. The Hall–Kier alpha value is -0.850. The van der Waals surface area contributed by atoms with Crippen LogP contribution in [-0.2, 0) is 4.74 Å². The van der Waals surface area contributed by atoms with Crippen LogP contribution in [0.1, 0.15) is 32.6 Å². The van der Waals surface area contributed by atoms with E-state index in [4.69, 9.17) is 15.7 Å². The smallest absolute Gasteiger partial charge is 0.139 e. The maximum atomic E-state index is 10.2. The quantitative estimate of drug-likeness (QED) is 0.167. The number of aliphatic hydroxyl groups is 1. The van der Waals surface area contributed by atoms with Crippen molar-refractivity contribution < 1.29 is 15.1 Å². The van der Waals surface area contributed by atoms with Crippen LogP contribution < -0.4 is 11.1 Å². The molecule has 0 bridgehead atoms. The highest BCUT2D eigenvalue weighted by atomic mass is 16.5. The third-order valence-corrected chi connectivity index (χ3v) is 3.26. The molecule has 0 aliphatic carbocycles. The number of hydrogen-bond donors (Lipinski definition) is 4. The van der Waals surface area contributed by atoms with E-state index >= 15 is 0 Å². The third-order valence-electron chi connectivity index (χ3n) is 3.26. The molecule has 1 heterocycles. The highest BCUT2D eigenvalue weighted by Gasteiger charge is 2.38. The first-order chi connectivity index (χ1) is 8.08. The predicted octanol–water partition coefficient (Wildman–Crippen LogP) is 0.0326. The summed E-state index contributed by atoms with van der Waals surface area (Å²) in [7, 11) is 0. The number of nitrogens with two attached hydrogens (primary N) is 1. The molecule has 2 atom stereocenters. The normalized spacial score (nSPS) is 29.8. The Balaban J connectivity index is 2.04. The summed E-state index contributed by atoms with van der Waals surface area (Å²) < 4.78 is 5.34. The summed E-state index contributed by atoms with van der Waals surface area (Å²) in [6.45, 7) is 3.89. The Morgan fingerprint density at radius 3 is 2.94 bits per heavy atom. The van der Waals surface area contributed by atoms with E-state index in [0.29, 0.717) is 26.0 Å². The van der Waals surface area contributed by atoms with Crippen LogP contribution in [0.5, 0.6) is 0 Å². The molecule has 2 unspecified atom stereocenters. The molecule has 17 heavy (non-hydrogen) atoms. The number of ether oxygens (including phenoxy) is 1. The molecule has 6 heteroatoms. The molecule has 1 saturated heterocycles. The third kappa shape index (κ3) is 4.49. The lowest BCUT2D eigenvalue weighted by molar-refractivity contribution is -0.0260. The van der Waals surface area contributed by atoms with Crippen LogP contribution in [0.3, 0.4) is 0 Å². The summed E-state index contributed by atoms with van der Waals surface area (Å²) in [5, 5.41) is 24.7. The predicted molar refractivity (Wildman–Crippen MR) is 65.1 cm³/mol. The van der Waals surface area contributed by atoms with Crippen LogP contribution in [0, 0.1) is 0 Å². The van der Waals surface area contributed by atoms with Crippen molar-refractivity contribution in [1.82, 2.24) is 5.32 Å². The minimum atomic E-state index is -0.731. The van der Waals surface area contributed by atoms with Gasteiger partial charge in [-0.2, -0.15) is 0 Å². The molecule has 0 aromatic heterocycles. The Morgan fingerprint density at radius 1 is 1.59 bits per heavy atom. The van der Waals surface area contributed by atoms with Gasteiger partial charge in [0.05, 0.1) is 6.10 Å². The van der Waals surface area contributed by atoms with Crippen molar-refractivity contribution in [2.45, 2.75) is 44.3 Å². The lowest BCUT2D eigenvalue weighted by atomic mass is 9.97. The molecule has 0 aromatic rings. The summed E-state index contributed by atoms with van der Waals surface area (Å²) in [4.78, 5) is 0. The number of oxime groups is 1. The largest absolute Gasteiger partial charge is 0.409 e. The minimum absolute atomic E-state index is 0.104. The molecular formula is C11H23N3O3. The van der Waals surface area contributed by atoms with Crippen molar-refractivity contribution in [3.63, 3.8) is 0 Å². The van der Waals surface area contributed by atoms with Gasteiger partial charge in [0.15, 0.2) is 0 Å². The SMILES string of the molecule is CC1OCCC1(O)CNCCCCC(N)=NO. The molecule has 6 nitrogen and oxygen atoms in total. The Kier molecular flexibility index (Phi) is 5.67. The van der Waals surface area contributed by atoms with Gasteiger partial charge in [0.2, 0.25) is 0 Å². The van der Waals surface area contributed by atoms with Gasteiger partial charge in [-0.1, -0.05) is 5.16 Å². The van der Waals surface area contributed by atoms with Crippen LogP contribution in [-0.4, -0.2) is 47.6 Å². The lowest BCUT2D eigenvalue weighted by Gasteiger charge is -2.26. The van der Waals surface area contributed by atoms with Crippen molar-refractivity contribution in [3.8, 4) is 0 Å². The highest BCUT2D eigenvalue weighted by Crippen LogP contribution is 2.24. The maximum Gasteiger partial charge on any atom is 0.139 e. The monoisotopic (exact) mass is 245 g/mol. The van der Waals surface area contributed by atoms with Crippen molar-refractivity contribution in [2.75, 3.05) is 19.7 Å². The van der Waals surface area contributed by atoms with Gasteiger partial charge in [-0.05, 0) is 26.3 Å². The molecule has 1 fully saturated rings. The van der Waals surface area contributed by atoms with Gasteiger partial charge in [-0.25, -0.2) is 0 Å². The summed E-state index contributed by atoms with van der Waals surface area (Å²) in [5.41, 5.74) is 4.62. The van der Waals surface area contributed by atoms with Crippen molar-refractivity contribution in [1.29, 1.82) is 0 Å². The number of nitrogens with zero attached hydrogens (tertiary/aromatic N) is 1. The molecule has 100 valence electrons. The van der Waals surface area contributed by atoms with Gasteiger partial charge in [0.1, 0.15) is 11.4 Å². The summed E-state index contributed by atoms with van der Waals surface area (Å²) in [5.74, 6) is 0.265. The fourth-order valence-electron chi connectivity index (χ4n) is 1.91. The molecule has 0 spiro atoms. The second-order valence-electron chi connectivity index (χ2n) is 4.59. The lowest BCUT2D eigenvalue weighted by Crippen LogP contribution is -2.46. The fourth-order valence-corrected chi connectivity index (χ4v) is 1.91. The second-order valence-corrected chi connectivity index (χ2v) is 4.59. The fraction of sp³-hybridized carbons (Fsp3) is 0.909. The van der Waals surface area contributed by atoms with E-state index in [9.17, 15) is 5.11 Å². The Morgan fingerprint density at radius 2 is 2.35 bits per heavy atom. The van der Waals surface area contributed by atoms with E-state index < -0.39 is 5.60 Å². The summed E-state index contributed by atoms with van der Waals surface area (Å²) >= 11 is 0. The van der Waals surface area contributed by atoms with Crippen molar-refractivity contribution in [2.24, 2.45) is 10.9 Å². The maximum absolute atomic E-state index is 10.2. The standard InChI is InChI=1S/C11H23N3O3/c1-9-11(15,5-7-17-9)8-13-6-3-2-4-10(12)14-16/h9,13,15-16H,2-8H2,1H3,(H2,12,14). The van der Waals surface area contributed by atoms with E-state index in [1.165, 1.54) is 0 Å². The van der Waals surface area contributed by atoms with Crippen LogP contribution >= 0.6 is 0 Å². The first-order valence-corrected chi connectivity index (χ1v) is 6.09. The summed E-state index contributed by atoms with van der Waals surface area (Å²) in [6.07, 6.45) is 2.98. The molecule has 1 aliphatic rings. The van der Waals surface area contributed by atoms with E-state index in [-0.39, 0.29) is 11.9 Å². The van der Waals surface area contributed by atoms with Gasteiger partial charge in [0.25, 0.3) is 0 Å². The topological polar surface area (TPSA) is 100 Å². The number of hydrogen-bond acceptors (Lipinski definition) is 5. The minimum Gasteiger partial charge on any atom is -0.409 e. The number of unbranched alkanes of at least 4 members (excludes halogenated alkanes) is 1. The zero-order chi connectivity index (χ0) is 12.7.